The van der Waals surface area contributed by atoms with Crippen molar-refractivity contribution in [3.63, 3.8) is 0 Å². The van der Waals surface area contributed by atoms with Gasteiger partial charge in [0.2, 0.25) is 0 Å². The summed E-state index contributed by atoms with van der Waals surface area (Å²) in [7, 11) is 0. The second-order valence-electron chi connectivity index (χ2n) is 6.74. The van der Waals surface area contributed by atoms with Gasteiger partial charge in [-0.1, -0.05) is 29.8 Å². The quantitative estimate of drug-likeness (QED) is 0.826. The van der Waals surface area contributed by atoms with E-state index < -0.39 is 0 Å². The maximum atomic E-state index is 12.7. The highest BCUT2D eigenvalue weighted by molar-refractivity contribution is 6.34. The molecule has 2 aromatic carbocycles. The number of aryl methyl sites for hydroxylation is 2. The number of piperazine rings is 1. The van der Waals surface area contributed by atoms with Gasteiger partial charge in [0.25, 0.3) is 0 Å². The second-order valence-corrected chi connectivity index (χ2v) is 7.15. The smallest absolute Gasteiger partial charge is 0.322 e. The van der Waals surface area contributed by atoms with E-state index in [0.29, 0.717) is 30.4 Å². The van der Waals surface area contributed by atoms with Crippen LogP contribution in [0.25, 0.3) is 0 Å². The number of benzene rings is 2. The van der Waals surface area contributed by atoms with E-state index in [0.717, 1.165) is 35.7 Å². The van der Waals surface area contributed by atoms with Crippen LogP contribution in [-0.2, 0) is 0 Å². The molecule has 5 nitrogen and oxygen atoms in total. The van der Waals surface area contributed by atoms with Gasteiger partial charge in [0.15, 0.2) is 0 Å². The molecule has 0 radical (unpaired) electrons. The molecule has 0 saturated carbocycles. The molecular weight excluding hydrogens is 362 g/mol. The van der Waals surface area contributed by atoms with Crippen LogP contribution in [0.5, 0.6) is 5.75 Å². The van der Waals surface area contributed by atoms with Gasteiger partial charge in [0, 0.05) is 26.2 Å². The van der Waals surface area contributed by atoms with Crippen LogP contribution < -0.4 is 15.0 Å². The summed E-state index contributed by atoms with van der Waals surface area (Å²) in [6.45, 7) is 9.38. The van der Waals surface area contributed by atoms with Crippen molar-refractivity contribution in [1.29, 1.82) is 0 Å². The Hall–Kier alpha value is -2.40. The standard InChI is InChI=1S/C21H26ClN3O2/c1-4-27-19-8-6-5-7-18(19)24-9-11-25(12-10-24)21(26)23-20-16(3)13-15(2)14-17(20)22/h5-8,13-14H,4,9-12H2,1-3H3,(H,23,26). The Bertz CT molecular complexity index is 794. The largest absolute Gasteiger partial charge is 0.492 e. The van der Waals surface area contributed by atoms with Crippen molar-refractivity contribution in [1.82, 2.24) is 4.90 Å². The van der Waals surface area contributed by atoms with E-state index in [1.165, 1.54) is 0 Å². The van der Waals surface area contributed by atoms with E-state index in [9.17, 15) is 4.79 Å². The molecule has 144 valence electrons. The van der Waals surface area contributed by atoms with Gasteiger partial charge in [0.1, 0.15) is 5.75 Å². The van der Waals surface area contributed by atoms with E-state index in [2.05, 4.69) is 16.3 Å². The molecular formula is C21H26ClN3O2. The van der Waals surface area contributed by atoms with Crippen molar-refractivity contribution < 1.29 is 9.53 Å². The molecule has 2 amide bonds. The Labute approximate surface area is 165 Å². The van der Waals surface area contributed by atoms with Gasteiger partial charge in [0.05, 0.1) is 23.0 Å². The summed E-state index contributed by atoms with van der Waals surface area (Å²) in [6, 6.07) is 11.8. The molecule has 2 aromatic rings. The minimum absolute atomic E-state index is 0.110. The normalized spacial score (nSPS) is 14.2. The summed E-state index contributed by atoms with van der Waals surface area (Å²) < 4.78 is 5.73. The summed E-state index contributed by atoms with van der Waals surface area (Å²) in [4.78, 5) is 16.8. The SMILES string of the molecule is CCOc1ccccc1N1CCN(C(=O)Nc2c(C)cc(C)cc2Cl)CC1. The Kier molecular flexibility index (Phi) is 6.11. The fourth-order valence-corrected chi connectivity index (χ4v) is 3.77. The number of amides is 2. The van der Waals surface area contributed by atoms with Gasteiger partial charge in [-0.05, 0) is 50.1 Å². The number of nitrogens with zero attached hydrogens (tertiary/aromatic N) is 2. The average Bonchev–Trinajstić information content (AvgIpc) is 2.65. The number of anilines is 2. The van der Waals surface area contributed by atoms with Gasteiger partial charge >= 0.3 is 6.03 Å². The van der Waals surface area contributed by atoms with Crippen LogP contribution in [0.15, 0.2) is 36.4 Å². The maximum absolute atomic E-state index is 12.7. The third-order valence-corrected chi connectivity index (χ3v) is 5.03. The predicted molar refractivity (Wildman–Crippen MR) is 111 cm³/mol. The van der Waals surface area contributed by atoms with Gasteiger partial charge in [-0.3, -0.25) is 0 Å². The number of ether oxygens (including phenoxy) is 1. The van der Waals surface area contributed by atoms with Crippen molar-refractivity contribution in [2.75, 3.05) is 43.0 Å². The van der Waals surface area contributed by atoms with Crippen LogP contribution in [0.2, 0.25) is 5.02 Å². The van der Waals surface area contributed by atoms with Crippen molar-refractivity contribution in [2.24, 2.45) is 0 Å². The summed E-state index contributed by atoms with van der Waals surface area (Å²) >= 11 is 6.31. The van der Waals surface area contributed by atoms with E-state index in [1.807, 2.05) is 56.0 Å². The third-order valence-electron chi connectivity index (χ3n) is 4.74. The molecule has 0 atom stereocenters. The number of para-hydroxylation sites is 2. The first-order chi connectivity index (χ1) is 13.0. The van der Waals surface area contributed by atoms with Gasteiger partial charge in [-0.25, -0.2) is 4.79 Å². The van der Waals surface area contributed by atoms with Gasteiger partial charge < -0.3 is 19.9 Å². The summed E-state index contributed by atoms with van der Waals surface area (Å²) in [5, 5.41) is 3.55. The summed E-state index contributed by atoms with van der Waals surface area (Å²) in [5.74, 6) is 0.889. The monoisotopic (exact) mass is 387 g/mol. The highest BCUT2D eigenvalue weighted by Crippen LogP contribution is 2.30. The van der Waals surface area contributed by atoms with Crippen molar-refractivity contribution in [3.05, 3.63) is 52.5 Å². The molecule has 0 aliphatic carbocycles. The van der Waals surface area contributed by atoms with E-state index in [-0.39, 0.29) is 6.03 Å². The molecule has 0 aromatic heterocycles. The minimum Gasteiger partial charge on any atom is -0.492 e. The second kappa shape index (κ2) is 8.53. The number of hydrogen-bond donors (Lipinski definition) is 1. The summed E-state index contributed by atoms with van der Waals surface area (Å²) in [6.07, 6.45) is 0. The fourth-order valence-electron chi connectivity index (χ4n) is 3.41. The summed E-state index contributed by atoms with van der Waals surface area (Å²) in [5.41, 5.74) is 3.82. The highest BCUT2D eigenvalue weighted by atomic mass is 35.5. The Morgan fingerprint density at radius 2 is 1.85 bits per heavy atom. The van der Waals surface area contributed by atoms with Crippen LogP contribution >= 0.6 is 11.6 Å². The zero-order valence-corrected chi connectivity index (χ0v) is 16.8. The molecule has 1 fully saturated rings. The van der Waals surface area contributed by atoms with Crippen LogP contribution in [-0.4, -0.2) is 43.7 Å². The van der Waals surface area contributed by atoms with Crippen molar-refractivity contribution in [2.45, 2.75) is 20.8 Å². The number of carbonyl (C=O) groups is 1. The van der Waals surface area contributed by atoms with E-state index >= 15 is 0 Å². The Morgan fingerprint density at radius 3 is 2.52 bits per heavy atom. The fraction of sp³-hybridized carbons (Fsp3) is 0.381. The van der Waals surface area contributed by atoms with Crippen LogP contribution in [0.4, 0.5) is 16.2 Å². The van der Waals surface area contributed by atoms with Gasteiger partial charge in [-0.2, -0.15) is 0 Å². The molecule has 1 saturated heterocycles. The average molecular weight is 388 g/mol. The lowest BCUT2D eigenvalue weighted by Gasteiger charge is -2.36. The molecule has 6 heteroatoms. The van der Waals surface area contributed by atoms with Gasteiger partial charge in [-0.15, -0.1) is 0 Å². The molecule has 27 heavy (non-hydrogen) atoms. The van der Waals surface area contributed by atoms with Crippen molar-refractivity contribution >= 4 is 29.0 Å². The lowest BCUT2D eigenvalue weighted by molar-refractivity contribution is 0.208. The Morgan fingerprint density at radius 1 is 1.15 bits per heavy atom. The predicted octanol–water partition coefficient (Wildman–Crippen LogP) is 4.71. The highest BCUT2D eigenvalue weighted by Gasteiger charge is 2.23. The Balaban J connectivity index is 1.63. The molecule has 1 N–H and O–H groups in total. The molecule has 0 unspecified atom stereocenters. The number of nitrogens with one attached hydrogen (secondary N) is 1. The molecule has 1 heterocycles. The van der Waals surface area contributed by atoms with Crippen LogP contribution in [0.3, 0.4) is 0 Å². The number of halogens is 1. The molecule has 0 bridgehead atoms. The zero-order chi connectivity index (χ0) is 19.4. The lowest BCUT2D eigenvalue weighted by Crippen LogP contribution is -2.50. The first kappa shape index (κ1) is 19.4. The molecule has 3 rings (SSSR count). The number of urea groups is 1. The zero-order valence-electron chi connectivity index (χ0n) is 16.1. The number of rotatable bonds is 4. The lowest BCUT2D eigenvalue weighted by atomic mass is 10.1. The van der Waals surface area contributed by atoms with E-state index in [4.69, 9.17) is 16.3 Å². The van der Waals surface area contributed by atoms with Crippen LogP contribution in [0, 0.1) is 13.8 Å². The van der Waals surface area contributed by atoms with Crippen LogP contribution in [0.1, 0.15) is 18.1 Å². The number of carbonyl (C=O) groups excluding carboxylic acids is 1. The minimum atomic E-state index is -0.110. The van der Waals surface area contributed by atoms with E-state index in [1.54, 1.807) is 0 Å². The molecule has 1 aliphatic rings. The first-order valence-corrected chi connectivity index (χ1v) is 9.67. The number of hydrogen-bond acceptors (Lipinski definition) is 3. The van der Waals surface area contributed by atoms with Crippen molar-refractivity contribution in [3.8, 4) is 5.75 Å². The maximum Gasteiger partial charge on any atom is 0.322 e. The molecule has 0 spiro atoms. The molecule has 1 aliphatic heterocycles. The third kappa shape index (κ3) is 4.48. The topological polar surface area (TPSA) is 44.8 Å². The first-order valence-electron chi connectivity index (χ1n) is 9.29.